The van der Waals surface area contributed by atoms with Gasteiger partial charge in [-0.05, 0) is 0 Å². The van der Waals surface area contributed by atoms with Crippen LogP contribution in [0.1, 0.15) is 32.1 Å². The quantitative estimate of drug-likeness (QED) is 0.643. The van der Waals surface area contributed by atoms with Gasteiger partial charge in [-0.1, -0.05) is 0 Å². The average Bonchev–Trinajstić information content (AvgIpc) is 2.05. The van der Waals surface area contributed by atoms with Crippen molar-refractivity contribution in [3.05, 3.63) is 0 Å². The molecule has 0 aromatic rings. The van der Waals surface area contributed by atoms with Crippen LogP contribution in [0, 0.1) is 0 Å². The molecule has 0 unspecified atom stereocenters. The van der Waals surface area contributed by atoms with Crippen LogP contribution in [0.5, 0.6) is 0 Å². The molecule has 0 amide bonds. The van der Waals surface area contributed by atoms with E-state index in [0.29, 0.717) is 0 Å². The van der Waals surface area contributed by atoms with Crippen molar-refractivity contribution in [3.63, 3.8) is 0 Å². The van der Waals surface area contributed by atoms with Crippen molar-refractivity contribution in [1.29, 1.82) is 0 Å². The van der Waals surface area contributed by atoms with Gasteiger partial charge in [0.15, 0.2) is 0 Å². The van der Waals surface area contributed by atoms with Crippen molar-refractivity contribution in [1.82, 2.24) is 0 Å². The third-order valence-electron chi connectivity index (χ3n) is 2.52. The Balaban J connectivity index is 2.52. The van der Waals surface area contributed by atoms with Gasteiger partial charge in [-0.2, -0.15) is 0 Å². The summed E-state index contributed by atoms with van der Waals surface area (Å²) >= 11 is -1.80. The van der Waals surface area contributed by atoms with E-state index in [4.69, 9.17) is 17.0 Å². The molecule has 0 radical (unpaired) electrons. The van der Waals surface area contributed by atoms with Gasteiger partial charge < -0.3 is 0 Å². The molecule has 64 valence electrons. The van der Waals surface area contributed by atoms with E-state index in [1.54, 1.807) is 0 Å². The van der Waals surface area contributed by atoms with E-state index >= 15 is 0 Å². The molecule has 0 bridgehead atoms. The van der Waals surface area contributed by atoms with Crippen LogP contribution < -0.4 is 0 Å². The molecular weight excluding hydrogens is 274 g/mol. The van der Waals surface area contributed by atoms with E-state index in [0.717, 1.165) is 5.54 Å². The van der Waals surface area contributed by atoms with Gasteiger partial charge in [-0.3, -0.25) is 0 Å². The number of hydrogen-bond acceptors (Lipinski definition) is 0. The average molecular weight is 288 g/mol. The molecule has 0 heterocycles. The molecule has 0 N–H and O–H groups in total. The van der Waals surface area contributed by atoms with E-state index in [1.165, 1.54) is 32.1 Å². The van der Waals surface area contributed by atoms with Gasteiger partial charge >= 0.3 is 84.6 Å². The fourth-order valence-electron chi connectivity index (χ4n) is 1.69. The fraction of sp³-hybridized carbons (Fsp3) is 1.00. The molecule has 0 spiro atoms. The van der Waals surface area contributed by atoms with Gasteiger partial charge in [0.1, 0.15) is 0 Å². The van der Waals surface area contributed by atoms with E-state index < -0.39 is 18.0 Å². The first-order valence-corrected chi connectivity index (χ1v) is 16.3. The minimum atomic E-state index is -1.80. The van der Waals surface area contributed by atoms with Crippen LogP contribution in [0.25, 0.3) is 0 Å². The van der Waals surface area contributed by atoms with Crippen LogP contribution in [-0.2, 0) is 18.0 Å². The Bertz CT molecular complexity index is 160. The second kappa shape index (κ2) is 5.42. The Labute approximate surface area is 84.0 Å². The van der Waals surface area contributed by atoms with Crippen molar-refractivity contribution in [3.8, 4) is 0 Å². The monoisotopic (exact) mass is 286 g/mol. The Kier molecular flexibility index (Phi) is 5.30. The maximum absolute atomic E-state index is 6.07. The van der Waals surface area contributed by atoms with Gasteiger partial charge in [0.05, 0.1) is 0 Å². The Morgan fingerprint density at radius 3 is 2.18 bits per heavy atom. The summed E-state index contributed by atoms with van der Waals surface area (Å²) in [5.41, 5.74) is 0.691. The SMILES string of the molecule is C[Si](C1CCCCC1)=[Zr]([Cl])[Cl]. The van der Waals surface area contributed by atoms with Crippen molar-refractivity contribution in [2.75, 3.05) is 0 Å². The first-order valence-electron chi connectivity index (χ1n) is 4.23. The van der Waals surface area contributed by atoms with E-state index in [-0.39, 0.29) is 5.43 Å². The molecule has 0 aromatic carbocycles. The van der Waals surface area contributed by atoms with E-state index in [1.807, 2.05) is 0 Å². The van der Waals surface area contributed by atoms with Crippen LogP contribution in [0.4, 0.5) is 0 Å². The Hall–Kier alpha value is 1.68. The Morgan fingerprint density at radius 2 is 1.73 bits per heavy atom. The molecule has 11 heavy (non-hydrogen) atoms. The molecule has 0 atom stereocenters. The molecule has 1 saturated carbocycles. The molecule has 1 aliphatic carbocycles. The summed E-state index contributed by atoms with van der Waals surface area (Å²) < 4.78 is 0. The number of hydrogen-bond donors (Lipinski definition) is 0. The summed E-state index contributed by atoms with van der Waals surface area (Å²) in [6, 6.07) is 0. The topological polar surface area (TPSA) is 0 Å². The maximum atomic E-state index is 6.07. The zero-order valence-corrected chi connectivity index (χ0v) is 11.8. The number of rotatable bonds is 1. The Morgan fingerprint density at radius 1 is 1.18 bits per heavy atom. The summed E-state index contributed by atoms with van der Waals surface area (Å²) in [5, 5.41) is 0. The zero-order chi connectivity index (χ0) is 8.27. The van der Waals surface area contributed by atoms with E-state index in [9.17, 15) is 0 Å². The van der Waals surface area contributed by atoms with Crippen LogP contribution in [0.3, 0.4) is 0 Å². The molecule has 0 aromatic heterocycles. The summed E-state index contributed by atoms with van der Waals surface area (Å²) in [4.78, 5) is 0. The zero-order valence-electron chi connectivity index (χ0n) is 6.87. The first kappa shape index (κ1) is 10.8. The predicted molar refractivity (Wildman–Crippen MR) is 50.2 cm³/mol. The number of halogens is 2. The summed E-state index contributed by atoms with van der Waals surface area (Å²) in [6.45, 7) is 2.36. The van der Waals surface area contributed by atoms with Crippen molar-refractivity contribution >= 4 is 22.5 Å². The van der Waals surface area contributed by atoms with E-state index in [2.05, 4.69) is 6.55 Å². The van der Waals surface area contributed by atoms with Crippen LogP contribution in [0.2, 0.25) is 12.1 Å². The van der Waals surface area contributed by atoms with Gasteiger partial charge in [-0.25, -0.2) is 0 Å². The molecule has 1 aliphatic rings. The third-order valence-corrected chi connectivity index (χ3v) is 22.9. The molecule has 0 aliphatic heterocycles. The standard InChI is InChI=1S/C7H14Si.2ClH.Zr/c1-8-7-5-3-2-4-6-7;;;/h7H,2-6H2,1H3;2*1H;/q;;;+2/p-2. The molecule has 0 nitrogen and oxygen atoms in total. The summed E-state index contributed by atoms with van der Waals surface area (Å²) in [5.74, 6) is 0. The molecular formula is C7H14Cl2SiZr. The predicted octanol–water partition coefficient (Wildman–Crippen LogP) is 3.87. The van der Waals surface area contributed by atoms with Gasteiger partial charge in [0, 0.05) is 0 Å². The van der Waals surface area contributed by atoms with Gasteiger partial charge in [0.25, 0.3) is 0 Å². The van der Waals surface area contributed by atoms with Crippen LogP contribution >= 0.6 is 17.0 Å². The second-order valence-electron chi connectivity index (χ2n) is 3.28. The van der Waals surface area contributed by atoms with Gasteiger partial charge in [0.2, 0.25) is 0 Å². The van der Waals surface area contributed by atoms with Crippen molar-refractivity contribution in [2.24, 2.45) is 0 Å². The van der Waals surface area contributed by atoms with Crippen molar-refractivity contribution in [2.45, 2.75) is 44.2 Å². The molecule has 0 saturated heterocycles. The summed E-state index contributed by atoms with van der Waals surface area (Å²) in [6.07, 6.45) is 7.14. The normalized spacial score (nSPS) is 19.9. The first-order chi connectivity index (χ1) is 5.22. The third kappa shape index (κ3) is 3.50. The van der Waals surface area contributed by atoms with Crippen LogP contribution in [-0.4, -0.2) is 5.43 Å². The molecule has 1 rings (SSSR count). The second-order valence-corrected chi connectivity index (χ2v) is 24.9. The fourth-order valence-corrected chi connectivity index (χ4v) is 13.2. The molecule has 1 fully saturated rings. The molecule has 4 heteroatoms. The van der Waals surface area contributed by atoms with Gasteiger partial charge in [-0.15, -0.1) is 0 Å². The minimum absolute atomic E-state index is 0.280. The summed E-state index contributed by atoms with van der Waals surface area (Å²) in [7, 11) is 12.1. The van der Waals surface area contributed by atoms with Crippen molar-refractivity contribution < 1.29 is 18.0 Å². The van der Waals surface area contributed by atoms with Crippen LogP contribution in [0.15, 0.2) is 0 Å².